The summed E-state index contributed by atoms with van der Waals surface area (Å²) in [6.45, 7) is 3.03. The molecule has 2 aromatic heterocycles. The predicted octanol–water partition coefficient (Wildman–Crippen LogP) is 2.92. The summed E-state index contributed by atoms with van der Waals surface area (Å²) in [5, 5.41) is 4.41. The molecule has 0 N–H and O–H groups in total. The molecule has 6 rings (SSSR count). The summed E-state index contributed by atoms with van der Waals surface area (Å²) in [5.74, 6) is 1.72. The number of likely N-dealkylation sites (tertiary alicyclic amines) is 1. The van der Waals surface area contributed by atoms with Crippen molar-refractivity contribution in [2.45, 2.75) is 57.2 Å². The number of carbonyl (C=O) groups excluding carboxylic acids is 1. The molecule has 1 aliphatic carbocycles. The molecule has 0 spiro atoms. The van der Waals surface area contributed by atoms with Gasteiger partial charge in [0.05, 0.1) is 12.3 Å². The van der Waals surface area contributed by atoms with Gasteiger partial charge in [0.15, 0.2) is 5.76 Å². The van der Waals surface area contributed by atoms with Crippen LogP contribution in [0.15, 0.2) is 51.4 Å². The SMILES string of the molecule is O=C(Cn1nc(-c2ccco2)ccc1=O)N1CCCC2=C[C@H]3C[C@H](CN4CCCC[C@@H]34)[C@H]21. The summed E-state index contributed by atoms with van der Waals surface area (Å²) in [4.78, 5) is 30.7. The molecule has 1 amide bonds. The Morgan fingerprint density at radius 2 is 2.09 bits per heavy atom. The van der Waals surface area contributed by atoms with Gasteiger partial charge < -0.3 is 9.32 Å². The molecule has 7 heteroatoms. The first-order chi connectivity index (χ1) is 15.7. The van der Waals surface area contributed by atoms with Gasteiger partial charge in [-0.05, 0) is 68.7 Å². The highest BCUT2D eigenvalue weighted by Gasteiger charge is 2.46. The van der Waals surface area contributed by atoms with Crippen molar-refractivity contribution in [2.75, 3.05) is 19.6 Å². The van der Waals surface area contributed by atoms with E-state index in [9.17, 15) is 9.59 Å². The Hall–Kier alpha value is -2.67. The number of carbonyl (C=O) groups is 1. The van der Waals surface area contributed by atoms with Gasteiger partial charge in [0.25, 0.3) is 5.56 Å². The van der Waals surface area contributed by atoms with E-state index in [0.29, 0.717) is 29.3 Å². The van der Waals surface area contributed by atoms with Crippen LogP contribution in [0.25, 0.3) is 11.5 Å². The maximum atomic E-state index is 13.5. The van der Waals surface area contributed by atoms with Crippen LogP contribution in [0.5, 0.6) is 0 Å². The van der Waals surface area contributed by atoms with E-state index in [4.69, 9.17) is 4.42 Å². The van der Waals surface area contributed by atoms with Crippen molar-refractivity contribution in [3.8, 4) is 11.5 Å². The van der Waals surface area contributed by atoms with E-state index in [1.165, 1.54) is 48.5 Å². The number of aromatic nitrogens is 2. The minimum absolute atomic E-state index is 0.00832. The highest BCUT2D eigenvalue weighted by molar-refractivity contribution is 5.77. The van der Waals surface area contributed by atoms with Crippen LogP contribution in [-0.4, -0.2) is 57.2 Å². The number of hydrogen-bond acceptors (Lipinski definition) is 5. The monoisotopic (exact) mass is 434 g/mol. The van der Waals surface area contributed by atoms with E-state index >= 15 is 0 Å². The summed E-state index contributed by atoms with van der Waals surface area (Å²) in [5.41, 5.74) is 1.75. The molecule has 5 heterocycles. The van der Waals surface area contributed by atoms with E-state index in [0.717, 1.165) is 25.9 Å². The van der Waals surface area contributed by atoms with Gasteiger partial charge >= 0.3 is 0 Å². The van der Waals surface area contributed by atoms with Crippen molar-refractivity contribution in [2.24, 2.45) is 11.8 Å². The quantitative estimate of drug-likeness (QED) is 0.695. The minimum atomic E-state index is -0.265. The number of nitrogens with zero attached hydrogens (tertiary/aromatic N) is 4. The number of furan rings is 1. The third kappa shape index (κ3) is 3.43. The molecule has 4 atom stereocenters. The Morgan fingerprint density at radius 3 is 2.97 bits per heavy atom. The van der Waals surface area contributed by atoms with E-state index in [1.807, 2.05) is 4.90 Å². The maximum Gasteiger partial charge on any atom is 0.267 e. The molecule has 2 aromatic rings. The lowest BCUT2D eigenvalue weighted by Gasteiger charge is -2.54. The van der Waals surface area contributed by atoms with Crippen molar-refractivity contribution < 1.29 is 9.21 Å². The van der Waals surface area contributed by atoms with Crippen molar-refractivity contribution in [3.63, 3.8) is 0 Å². The van der Waals surface area contributed by atoms with Gasteiger partial charge in [-0.3, -0.25) is 14.5 Å². The molecular formula is C25H30N4O3. The van der Waals surface area contributed by atoms with Crippen LogP contribution >= 0.6 is 0 Å². The first kappa shape index (κ1) is 20.0. The minimum Gasteiger partial charge on any atom is -0.463 e. The average Bonchev–Trinajstić information content (AvgIpc) is 3.35. The lowest BCUT2D eigenvalue weighted by molar-refractivity contribution is -0.137. The third-order valence-corrected chi connectivity index (χ3v) is 7.90. The predicted molar refractivity (Wildman–Crippen MR) is 120 cm³/mol. The number of hydrogen-bond donors (Lipinski definition) is 0. The lowest BCUT2D eigenvalue weighted by Crippen LogP contribution is -2.60. The molecule has 0 aromatic carbocycles. The summed E-state index contributed by atoms with van der Waals surface area (Å²) >= 11 is 0. The molecule has 2 bridgehead atoms. The first-order valence-corrected chi connectivity index (χ1v) is 12.0. The molecule has 0 saturated carbocycles. The van der Waals surface area contributed by atoms with E-state index in [2.05, 4.69) is 16.1 Å². The summed E-state index contributed by atoms with van der Waals surface area (Å²) in [6, 6.07) is 7.57. The fourth-order valence-corrected chi connectivity index (χ4v) is 6.59. The van der Waals surface area contributed by atoms with Gasteiger partial charge in [0.1, 0.15) is 12.2 Å². The van der Waals surface area contributed by atoms with E-state index in [-0.39, 0.29) is 24.1 Å². The van der Waals surface area contributed by atoms with Crippen LogP contribution in [0.1, 0.15) is 38.5 Å². The molecule has 0 radical (unpaired) electrons. The fourth-order valence-electron chi connectivity index (χ4n) is 6.59. The van der Waals surface area contributed by atoms with Crippen LogP contribution in [0, 0.1) is 11.8 Å². The molecule has 3 saturated heterocycles. The van der Waals surface area contributed by atoms with E-state index in [1.54, 1.807) is 24.5 Å². The van der Waals surface area contributed by atoms with Gasteiger partial charge in [0, 0.05) is 25.2 Å². The maximum absolute atomic E-state index is 13.5. The Morgan fingerprint density at radius 1 is 1.16 bits per heavy atom. The zero-order valence-corrected chi connectivity index (χ0v) is 18.4. The molecule has 3 fully saturated rings. The van der Waals surface area contributed by atoms with Crippen molar-refractivity contribution >= 4 is 5.91 Å². The normalized spacial score (nSPS) is 29.8. The lowest BCUT2D eigenvalue weighted by atomic mass is 9.68. The second-order valence-corrected chi connectivity index (χ2v) is 9.79. The zero-order chi connectivity index (χ0) is 21.7. The average molecular weight is 435 g/mol. The molecule has 0 unspecified atom stereocenters. The summed E-state index contributed by atoms with van der Waals surface area (Å²) in [6.07, 6.45) is 11.3. The van der Waals surface area contributed by atoms with Gasteiger partial charge in [-0.1, -0.05) is 18.1 Å². The smallest absolute Gasteiger partial charge is 0.267 e. The number of rotatable bonds is 3. The molecule has 32 heavy (non-hydrogen) atoms. The van der Waals surface area contributed by atoms with Crippen LogP contribution < -0.4 is 5.56 Å². The fraction of sp³-hybridized carbons (Fsp3) is 0.560. The van der Waals surface area contributed by atoms with Crippen molar-refractivity contribution in [1.82, 2.24) is 19.6 Å². The Bertz CT molecular complexity index is 1090. The Labute approximate surface area is 187 Å². The second-order valence-electron chi connectivity index (χ2n) is 9.79. The zero-order valence-electron chi connectivity index (χ0n) is 18.4. The van der Waals surface area contributed by atoms with Gasteiger partial charge in [-0.15, -0.1) is 0 Å². The molecule has 4 aliphatic rings. The van der Waals surface area contributed by atoms with Crippen LogP contribution in [-0.2, 0) is 11.3 Å². The Balaban J connectivity index is 1.26. The first-order valence-electron chi connectivity index (χ1n) is 12.0. The Kier molecular flexibility index (Phi) is 5.01. The van der Waals surface area contributed by atoms with Gasteiger partial charge in [0.2, 0.25) is 5.91 Å². The van der Waals surface area contributed by atoms with Crippen molar-refractivity contribution in [3.05, 3.63) is 52.5 Å². The van der Waals surface area contributed by atoms with Gasteiger partial charge in [-0.25, -0.2) is 4.68 Å². The molecular weight excluding hydrogens is 404 g/mol. The highest BCUT2D eigenvalue weighted by atomic mass is 16.3. The highest BCUT2D eigenvalue weighted by Crippen LogP contribution is 2.45. The second kappa shape index (κ2) is 8.03. The number of piperidine rings is 3. The number of fused-ring (bicyclic) bond motifs is 6. The molecule has 168 valence electrons. The summed E-state index contributed by atoms with van der Waals surface area (Å²) in [7, 11) is 0. The summed E-state index contributed by atoms with van der Waals surface area (Å²) < 4.78 is 6.69. The van der Waals surface area contributed by atoms with E-state index < -0.39 is 0 Å². The third-order valence-electron chi connectivity index (χ3n) is 7.90. The largest absolute Gasteiger partial charge is 0.463 e. The van der Waals surface area contributed by atoms with Crippen LogP contribution in [0.4, 0.5) is 0 Å². The standard InChI is InChI=1S/C25H30N4O3/c30-23-9-8-20(22-7-4-12-32-22)26-29(23)16-24(31)28-11-3-5-17-13-18-14-19(25(17)28)15-27-10-2-1-6-21(18)27/h4,7-9,12-13,18-19,21,25H,1-3,5-6,10-11,14-16H2/t18-,19+,21-,25-/m0/s1. The topological polar surface area (TPSA) is 71.6 Å². The van der Waals surface area contributed by atoms with Crippen molar-refractivity contribution in [1.29, 1.82) is 0 Å². The molecule has 7 nitrogen and oxygen atoms in total. The van der Waals surface area contributed by atoms with Crippen LogP contribution in [0.3, 0.4) is 0 Å². The molecule has 3 aliphatic heterocycles. The van der Waals surface area contributed by atoms with Gasteiger partial charge in [-0.2, -0.15) is 5.10 Å². The number of amides is 1. The van der Waals surface area contributed by atoms with Crippen LogP contribution in [0.2, 0.25) is 0 Å².